The molecule has 0 aliphatic carbocycles. The number of benzene rings is 2. The van der Waals surface area contributed by atoms with Crippen molar-refractivity contribution in [2.75, 3.05) is 6.73 Å². The number of carbonyl (C=O) groups excluding carboxylic acids is 3. The Labute approximate surface area is 151 Å². The molecule has 27 heavy (non-hydrogen) atoms. The molecule has 0 saturated carbocycles. The molecule has 8 heteroatoms. The summed E-state index contributed by atoms with van der Waals surface area (Å²) < 4.78 is 42.8. The minimum atomic E-state index is -4.49. The number of hydrogen-bond donors (Lipinski definition) is 0. The van der Waals surface area contributed by atoms with Crippen LogP contribution < -0.4 is 0 Å². The highest BCUT2D eigenvalue weighted by Gasteiger charge is 2.35. The third-order valence-electron chi connectivity index (χ3n) is 3.84. The van der Waals surface area contributed by atoms with Crippen LogP contribution in [0.4, 0.5) is 13.2 Å². The predicted octanol–water partition coefficient (Wildman–Crippen LogP) is 3.52. The van der Waals surface area contributed by atoms with Gasteiger partial charge in [-0.25, -0.2) is 9.69 Å². The summed E-state index contributed by atoms with van der Waals surface area (Å²) >= 11 is 0. The van der Waals surface area contributed by atoms with E-state index in [1.165, 1.54) is 24.3 Å². The van der Waals surface area contributed by atoms with E-state index in [2.05, 4.69) is 0 Å². The number of ether oxygens (including phenoxy) is 1. The second-order valence-electron chi connectivity index (χ2n) is 5.63. The van der Waals surface area contributed by atoms with E-state index in [0.717, 1.165) is 29.2 Å². The van der Waals surface area contributed by atoms with E-state index in [-0.39, 0.29) is 16.7 Å². The van der Waals surface area contributed by atoms with Crippen LogP contribution >= 0.6 is 0 Å². The van der Waals surface area contributed by atoms with Gasteiger partial charge in [-0.2, -0.15) is 13.2 Å². The Morgan fingerprint density at radius 2 is 1.63 bits per heavy atom. The Bertz CT molecular complexity index is 915. The highest BCUT2D eigenvalue weighted by atomic mass is 19.4. The molecular formula is C19H12F3NO4. The van der Waals surface area contributed by atoms with E-state index in [1.807, 2.05) is 0 Å². The lowest BCUT2D eigenvalue weighted by atomic mass is 10.1. The zero-order valence-corrected chi connectivity index (χ0v) is 13.7. The summed E-state index contributed by atoms with van der Waals surface area (Å²) in [5, 5.41) is 0. The van der Waals surface area contributed by atoms with Crippen molar-refractivity contribution in [2.45, 2.75) is 6.18 Å². The Morgan fingerprint density at radius 1 is 1.00 bits per heavy atom. The van der Waals surface area contributed by atoms with Crippen LogP contribution in [-0.2, 0) is 15.7 Å². The second kappa shape index (κ2) is 7.06. The number of amides is 2. The molecule has 0 fully saturated rings. The van der Waals surface area contributed by atoms with E-state index in [0.29, 0.717) is 0 Å². The molecule has 1 heterocycles. The first-order valence-electron chi connectivity index (χ1n) is 7.74. The van der Waals surface area contributed by atoms with Gasteiger partial charge in [-0.05, 0) is 35.9 Å². The lowest BCUT2D eigenvalue weighted by Crippen LogP contribution is -2.32. The van der Waals surface area contributed by atoms with Crippen molar-refractivity contribution in [3.8, 4) is 0 Å². The third kappa shape index (κ3) is 3.89. The maximum atomic E-state index is 12.7. The van der Waals surface area contributed by atoms with Gasteiger partial charge >= 0.3 is 12.1 Å². The Balaban J connectivity index is 1.62. The highest BCUT2D eigenvalue weighted by molar-refractivity contribution is 6.21. The van der Waals surface area contributed by atoms with Crippen molar-refractivity contribution in [1.82, 2.24) is 4.90 Å². The van der Waals surface area contributed by atoms with Crippen molar-refractivity contribution >= 4 is 23.9 Å². The average molecular weight is 375 g/mol. The van der Waals surface area contributed by atoms with Gasteiger partial charge in [0.25, 0.3) is 11.8 Å². The summed E-state index contributed by atoms with van der Waals surface area (Å²) in [4.78, 5) is 36.8. The van der Waals surface area contributed by atoms with E-state index in [9.17, 15) is 27.6 Å². The number of nitrogens with zero attached hydrogens (tertiary/aromatic N) is 1. The molecule has 0 N–H and O–H groups in total. The van der Waals surface area contributed by atoms with Gasteiger partial charge in [-0.1, -0.05) is 24.3 Å². The van der Waals surface area contributed by atoms with Crippen LogP contribution in [0.3, 0.4) is 0 Å². The standard InChI is InChI=1S/C19H12F3NO4/c20-19(21,22)13-5-3-4-12(10-13)8-9-16(24)27-11-23-17(25)14-6-1-2-7-15(14)18(23)26/h1-10H,11H2. The summed E-state index contributed by atoms with van der Waals surface area (Å²) in [6.07, 6.45) is -2.41. The largest absolute Gasteiger partial charge is 0.441 e. The SMILES string of the molecule is O=C(C=Cc1cccc(C(F)(F)F)c1)OCN1C(=O)c2ccccc2C1=O. The topological polar surface area (TPSA) is 63.7 Å². The molecule has 0 bridgehead atoms. The second-order valence-corrected chi connectivity index (χ2v) is 5.63. The number of alkyl halides is 3. The lowest BCUT2D eigenvalue weighted by molar-refractivity contribution is -0.140. The van der Waals surface area contributed by atoms with E-state index < -0.39 is 36.3 Å². The van der Waals surface area contributed by atoms with Gasteiger partial charge in [0.15, 0.2) is 6.73 Å². The van der Waals surface area contributed by atoms with Crippen molar-refractivity contribution in [2.24, 2.45) is 0 Å². The van der Waals surface area contributed by atoms with E-state index in [4.69, 9.17) is 4.74 Å². The van der Waals surface area contributed by atoms with E-state index >= 15 is 0 Å². The molecule has 0 saturated heterocycles. The van der Waals surface area contributed by atoms with Crippen molar-refractivity contribution < 1.29 is 32.3 Å². The van der Waals surface area contributed by atoms with Crippen molar-refractivity contribution in [1.29, 1.82) is 0 Å². The molecule has 1 aliphatic rings. The number of esters is 1. The Hall–Kier alpha value is -3.42. The number of hydrogen-bond acceptors (Lipinski definition) is 4. The molecule has 2 amide bonds. The fourth-order valence-electron chi connectivity index (χ4n) is 2.52. The smallest absolute Gasteiger partial charge is 0.416 e. The summed E-state index contributed by atoms with van der Waals surface area (Å²) in [5.41, 5.74) is -0.248. The van der Waals surface area contributed by atoms with E-state index in [1.54, 1.807) is 12.1 Å². The van der Waals surface area contributed by atoms with Gasteiger partial charge in [0.2, 0.25) is 0 Å². The number of imide groups is 1. The zero-order valence-electron chi connectivity index (χ0n) is 13.7. The normalized spacial score (nSPS) is 14.0. The summed E-state index contributed by atoms with van der Waals surface area (Å²) in [5.74, 6) is -2.06. The molecule has 3 rings (SSSR count). The maximum Gasteiger partial charge on any atom is 0.416 e. The van der Waals surface area contributed by atoms with Crippen LogP contribution in [0, 0.1) is 0 Å². The van der Waals surface area contributed by atoms with Gasteiger partial charge in [-0.3, -0.25) is 9.59 Å². The third-order valence-corrected chi connectivity index (χ3v) is 3.84. The minimum absolute atomic E-state index is 0.155. The summed E-state index contributed by atoms with van der Waals surface area (Å²) in [6, 6.07) is 10.6. The predicted molar refractivity (Wildman–Crippen MR) is 88.4 cm³/mol. The van der Waals surface area contributed by atoms with Gasteiger partial charge < -0.3 is 4.74 Å². The van der Waals surface area contributed by atoms with Gasteiger partial charge in [0.05, 0.1) is 16.7 Å². The molecule has 138 valence electrons. The zero-order chi connectivity index (χ0) is 19.6. The molecule has 2 aromatic rings. The first-order valence-corrected chi connectivity index (χ1v) is 7.74. The number of carbonyl (C=O) groups is 3. The fraction of sp³-hybridized carbons (Fsp3) is 0.105. The number of fused-ring (bicyclic) bond motifs is 1. The monoisotopic (exact) mass is 375 g/mol. The molecule has 1 aliphatic heterocycles. The Morgan fingerprint density at radius 3 is 2.22 bits per heavy atom. The number of halogens is 3. The van der Waals surface area contributed by atoms with Crippen molar-refractivity contribution in [3.63, 3.8) is 0 Å². The fourth-order valence-corrected chi connectivity index (χ4v) is 2.52. The Kier molecular flexibility index (Phi) is 4.81. The van der Waals surface area contributed by atoms with Crippen LogP contribution in [0.1, 0.15) is 31.8 Å². The molecule has 2 aromatic carbocycles. The molecule has 0 aromatic heterocycles. The van der Waals surface area contributed by atoms with Gasteiger partial charge in [0.1, 0.15) is 0 Å². The van der Waals surface area contributed by atoms with Gasteiger partial charge in [0, 0.05) is 6.08 Å². The van der Waals surface area contributed by atoms with Crippen LogP contribution in [0.25, 0.3) is 6.08 Å². The van der Waals surface area contributed by atoms with Crippen LogP contribution in [0.2, 0.25) is 0 Å². The van der Waals surface area contributed by atoms with Crippen LogP contribution in [0.15, 0.2) is 54.6 Å². The molecule has 0 spiro atoms. The number of rotatable bonds is 4. The maximum absolute atomic E-state index is 12.7. The van der Waals surface area contributed by atoms with Crippen molar-refractivity contribution in [3.05, 3.63) is 76.9 Å². The molecule has 5 nitrogen and oxygen atoms in total. The average Bonchev–Trinajstić information content (AvgIpc) is 2.89. The summed E-state index contributed by atoms with van der Waals surface area (Å²) in [7, 11) is 0. The summed E-state index contributed by atoms with van der Waals surface area (Å²) in [6.45, 7) is -0.585. The quantitative estimate of drug-likeness (QED) is 0.466. The lowest BCUT2D eigenvalue weighted by Gasteiger charge is -2.12. The molecule has 0 unspecified atom stereocenters. The highest BCUT2D eigenvalue weighted by Crippen LogP contribution is 2.29. The van der Waals surface area contributed by atoms with Gasteiger partial charge in [-0.15, -0.1) is 0 Å². The molecule has 0 radical (unpaired) electrons. The first kappa shape index (κ1) is 18.4. The minimum Gasteiger partial charge on any atom is -0.441 e. The van der Waals surface area contributed by atoms with Crippen LogP contribution in [0.5, 0.6) is 0 Å². The molecular weight excluding hydrogens is 363 g/mol. The first-order chi connectivity index (χ1) is 12.8. The van der Waals surface area contributed by atoms with Crippen LogP contribution in [-0.4, -0.2) is 29.4 Å². The molecule has 0 atom stereocenters.